The van der Waals surface area contributed by atoms with Crippen LogP contribution in [0, 0.1) is 18.8 Å². The molecule has 0 amide bonds. The van der Waals surface area contributed by atoms with Crippen LogP contribution in [0.25, 0.3) is 0 Å². The SMILES string of the molecule is Cc1cccc(CN(C)Cc2sccc2C#CCO)n1. The number of aliphatic hydroxyl groups excluding tert-OH is 1. The molecule has 104 valence electrons. The third-order valence-electron chi connectivity index (χ3n) is 2.84. The Kier molecular flexibility index (Phi) is 5.31. The van der Waals surface area contributed by atoms with Crippen LogP contribution in [0.5, 0.6) is 0 Å². The number of aromatic nitrogens is 1. The first-order valence-corrected chi connectivity index (χ1v) is 7.34. The summed E-state index contributed by atoms with van der Waals surface area (Å²) in [5, 5.41) is 10.8. The zero-order valence-electron chi connectivity index (χ0n) is 11.8. The minimum atomic E-state index is -0.0989. The number of rotatable bonds is 4. The molecule has 0 aliphatic heterocycles. The lowest BCUT2D eigenvalue weighted by Gasteiger charge is -2.15. The standard InChI is InChI=1S/C16H18N2OS/c1-13-5-3-7-15(17-13)11-18(2)12-16-14(6-4-9-19)8-10-20-16/h3,5,7-8,10,19H,9,11-12H2,1-2H3. The average Bonchev–Trinajstić information content (AvgIpc) is 2.83. The van der Waals surface area contributed by atoms with E-state index in [1.807, 2.05) is 36.6 Å². The van der Waals surface area contributed by atoms with Gasteiger partial charge >= 0.3 is 0 Å². The fourth-order valence-corrected chi connectivity index (χ4v) is 2.88. The van der Waals surface area contributed by atoms with Crippen LogP contribution in [0.15, 0.2) is 29.6 Å². The zero-order valence-corrected chi connectivity index (χ0v) is 12.6. The average molecular weight is 286 g/mol. The number of thiophene rings is 1. The maximum atomic E-state index is 8.77. The number of aryl methyl sites for hydroxylation is 1. The second-order valence-corrected chi connectivity index (χ2v) is 5.66. The van der Waals surface area contributed by atoms with E-state index in [0.717, 1.165) is 30.0 Å². The summed E-state index contributed by atoms with van der Waals surface area (Å²) < 4.78 is 0. The number of aliphatic hydroxyl groups is 1. The van der Waals surface area contributed by atoms with Gasteiger partial charge in [0, 0.05) is 29.2 Å². The number of hydrogen-bond acceptors (Lipinski definition) is 4. The molecule has 0 radical (unpaired) electrons. The molecule has 1 N–H and O–H groups in total. The molecule has 3 nitrogen and oxygen atoms in total. The summed E-state index contributed by atoms with van der Waals surface area (Å²) in [6, 6.07) is 8.09. The Bertz CT molecular complexity index is 625. The molecule has 0 bridgehead atoms. The van der Waals surface area contributed by atoms with Gasteiger partial charge in [-0.05, 0) is 37.6 Å². The molecule has 0 aliphatic rings. The topological polar surface area (TPSA) is 36.4 Å². The molecule has 2 aromatic rings. The Morgan fingerprint density at radius 3 is 2.90 bits per heavy atom. The Labute approximate surface area is 123 Å². The first-order chi connectivity index (χ1) is 9.69. The van der Waals surface area contributed by atoms with Crippen LogP contribution in [-0.2, 0) is 13.1 Å². The van der Waals surface area contributed by atoms with Gasteiger partial charge in [-0.3, -0.25) is 9.88 Å². The molecule has 0 atom stereocenters. The molecule has 0 saturated heterocycles. The molecular formula is C16H18N2OS. The van der Waals surface area contributed by atoms with Gasteiger partial charge in [0.1, 0.15) is 6.61 Å². The highest BCUT2D eigenvalue weighted by Gasteiger charge is 2.07. The van der Waals surface area contributed by atoms with Crippen LogP contribution >= 0.6 is 11.3 Å². The molecule has 2 heterocycles. The normalized spacial score (nSPS) is 10.4. The van der Waals surface area contributed by atoms with Crippen molar-refractivity contribution in [2.24, 2.45) is 0 Å². The smallest absolute Gasteiger partial charge is 0.104 e. The van der Waals surface area contributed by atoms with E-state index in [9.17, 15) is 0 Å². The van der Waals surface area contributed by atoms with E-state index in [1.165, 1.54) is 4.88 Å². The summed E-state index contributed by atoms with van der Waals surface area (Å²) in [6.07, 6.45) is 0. The Morgan fingerprint density at radius 1 is 1.30 bits per heavy atom. The number of hydrogen-bond donors (Lipinski definition) is 1. The van der Waals surface area contributed by atoms with Gasteiger partial charge in [0.25, 0.3) is 0 Å². The fraction of sp³-hybridized carbons (Fsp3) is 0.312. The van der Waals surface area contributed by atoms with Crippen LogP contribution in [0.2, 0.25) is 0 Å². The summed E-state index contributed by atoms with van der Waals surface area (Å²) in [5.74, 6) is 5.69. The zero-order chi connectivity index (χ0) is 14.4. The van der Waals surface area contributed by atoms with Crippen LogP contribution in [-0.4, -0.2) is 28.6 Å². The molecule has 0 aromatic carbocycles. The van der Waals surface area contributed by atoms with Gasteiger partial charge in [-0.1, -0.05) is 17.9 Å². The van der Waals surface area contributed by atoms with Crippen LogP contribution in [0.1, 0.15) is 21.8 Å². The molecule has 0 unspecified atom stereocenters. The number of nitrogens with zero attached hydrogens (tertiary/aromatic N) is 2. The van der Waals surface area contributed by atoms with Gasteiger partial charge in [0.2, 0.25) is 0 Å². The molecule has 0 fully saturated rings. The Morgan fingerprint density at radius 2 is 2.15 bits per heavy atom. The van der Waals surface area contributed by atoms with Gasteiger partial charge in [-0.15, -0.1) is 11.3 Å². The molecule has 4 heteroatoms. The summed E-state index contributed by atoms with van der Waals surface area (Å²) in [7, 11) is 2.08. The van der Waals surface area contributed by atoms with Crippen molar-refractivity contribution in [3.8, 4) is 11.8 Å². The fourth-order valence-electron chi connectivity index (χ4n) is 1.97. The van der Waals surface area contributed by atoms with Gasteiger partial charge in [-0.2, -0.15) is 0 Å². The van der Waals surface area contributed by atoms with E-state index < -0.39 is 0 Å². The van der Waals surface area contributed by atoms with E-state index in [-0.39, 0.29) is 6.61 Å². The van der Waals surface area contributed by atoms with E-state index in [0.29, 0.717) is 0 Å². The second-order valence-electron chi connectivity index (χ2n) is 4.66. The highest BCUT2D eigenvalue weighted by molar-refractivity contribution is 7.10. The predicted octanol–water partition coefficient (Wildman–Crippen LogP) is 2.43. The summed E-state index contributed by atoms with van der Waals surface area (Å²) in [5.41, 5.74) is 3.13. The van der Waals surface area contributed by atoms with Gasteiger partial charge in [0.05, 0.1) is 5.69 Å². The van der Waals surface area contributed by atoms with E-state index in [1.54, 1.807) is 11.3 Å². The van der Waals surface area contributed by atoms with Crippen molar-refractivity contribution in [3.63, 3.8) is 0 Å². The van der Waals surface area contributed by atoms with Gasteiger partial charge in [0.15, 0.2) is 0 Å². The molecule has 20 heavy (non-hydrogen) atoms. The summed E-state index contributed by atoms with van der Waals surface area (Å²) >= 11 is 1.70. The molecule has 2 rings (SSSR count). The van der Waals surface area contributed by atoms with Crippen molar-refractivity contribution in [2.45, 2.75) is 20.0 Å². The van der Waals surface area contributed by atoms with Crippen molar-refractivity contribution < 1.29 is 5.11 Å². The van der Waals surface area contributed by atoms with Gasteiger partial charge < -0.3 is 5.11 Å². The monoisotopic (exact) mass is 286 g/mol. The third-order valence-corrected chi connectivity index (χ3v) is 3.74. The molecule has 0 spiro atoms. The third kappa shape index (κ3) is 4.17. The maximum absolute atomic E-state index is 8.77. The lowest BCUT2D eigenvalue weighted by atomic mass is 10.2. The molecule has 0 saturated carbocycles. The van der Waals surface area contributed by atoms with Gasteiger partial charge in [-0.25, -0.2) is 0 Å². The van der Waals surface area contributed by atoms with E-state index in [2.05, 4.69) is 28.8 Å². The highest BCUT2D eigenvalue weighted by Crippen LogP contribution is 2.18. The van der Waals surface area contributed by atoms with Crippen LogP contribution in [0.3, 0.4) is 0 Å². The minimum absolute atomic E-state index is 0.0989. The highest BCUT2D eigenvalue weighted by atomic mass is 32.1. The molecule has 0 aliphatic carbocycles. The van der Waals surface area contributed by atoms with Crippen molar-refractivity contribution in [1.29, 1.82) is 0 Å². The van der Waals surface area contributed by atoms with Crippen molar-refractivity contribution >= 4 is 11.3 Å². The summed E-state index contributed by atoms with van der Waals surface area (Å²) in [6.45, 7) is 3.55. The summed E-state index contributed by atoms with van der Waals surface area (Å²) in [4.78, 5) is 7.96. The second kappa shape index (κ2) is 7.20. The lowest BCUT2D eigenvalue weighted by Crippen LogP contribution is -2.18. The van der Waals surface area contributed by atoms with Crippen molar-refractivity contribution in [2.75, 3.05) is 13.7 Å². The van der Waals surface area contributed by atoms with Crippen LogP contribution in [0.4, 0.5) is 0 Å². The lowest BCUT2D eigenvalue weighted by molar-refractivity contribution is 0.317. The Hall–Kier alpha value is -1.67. The van der Waals surface area contributed by atoms with Crippen molar-refractivity contribution in [1.82, 2.24) is 9.88 Å². The predicted molar refractivity (Wildman–Crippen MR) is 82.4 cm³/mol. The van der Waals surface area contributed by atoms with E-state index in [4.69, 9.17) is 5.11 Å². The molecule has 2 aromatic heterocycles. The maximum Gasteiger partial charge on any atom is 0.104 e. The first kappa shape index (κ1) is 14.7. The van der Waals surface area contributed by atoms with Crippen molar-refractivity contribution in [3.05, 3.63) is 51.5 Å². The molecular weight excluding hydrogens is 268 g/mol. The number of pyridine rings is 1. The largest absolute Gasteiger partial charge is 0.384 e. The van der Waals surface area contributed by atoms with E-state index >= 15 is 0 Å². The van der Waals surface area contributed by atoms with Crippen LogP contribution < -0.4 is 0 Å². The first-order valence-electron chi connectivity index (χ1n) is 6.46. The quantitative estimate of drug-likeness (QED) is 0.877. The Balaban J connectivity index is 2.01. The minimum Gasteiger partial charge on any atom is -0.384 e.